The van der Waals surface area contributed by atoms with Crippen molar-refractivity contribution in [1.29, 1.82) is 0 Å². The Balaban J connectivity index is 3.04. The van der Waals surface area contributed by atoms with Gasteiger partial charge in [-0.2, -0.15) is 8.78 Å². The largest absolute Gasteiger partial charge is 0.497 e. The van der Waals surface area contributed by atoms with Gasteiger partial charge in [-0.15, -0.1) is 0 Å². The Labute approximate surface area is 101 Å². The summed E-state index contributed by atoms with van der Waals surface area (Å²) in [5, 5.41) is 0. The Morgan fingerprint density at radius 3 is 2.17 bits per heavy atom. The van der Waals surface area contributed by atoms with Gasteiger partial charge in [0.15, 0.2) is 11.6 Å². The average molecular weight is 258 g/mol. The molecule has 0 aliphatic heterocycles. The number of carbonyl (C=O) groups excluding carboxylic acids is 2. The molecule has 0 saturated carbocycles. The van der Waals surface area contributed by atoms with Gasteiger partial charge < -0.3 is 9.53 Å². The number of ether oxygens (including phenoxy) is 1. The highest BCUT2D eigenvalue weighted by Crippen LogP contribution is 2.22. The Morgan fingerprint density at radius 1 is 1.22 bits per heavy atom. The molecule has 0 fully saturated rings. The summed E-state index contributed by atoms with van der Waals surface area (Å²) < 4.78 is 41.8. The molecule has 3 nitrogen and oxygen atoms in total. The molecule has 1 unspecified atom stereocenters. The second kappa shape index (κ2) is 6.00. The van der Waals surface area contributed by atoms with Gasteiger partial charge in [0.2, 0.25) is 0 Å². The first-order valence-corrected chi connectivity index (χ1v) is 4.85. The van der Waals surface area contributed by atoms with E-state index < -0.39 is 23.6 Å². The average Bonchev–Trinajstić information content (AvgIpc) is 2.39. The third-order valence-electron chi connectivity index (χ3n) is 2.25. The molecular formula is C12H9F3O3. The Morgan fingerprint density at radius 2 is 1.78 bits per heavy atom. The molecule has 0 aliphatic rings. The van der Waals surface area contributed by atoms with Gasteiger partial charge in [-0.05, 0) is 24.3 Å². The topological polar surface area (TPSA) is 43.4 Å². The molecule has 0 N–H and O–H groups in total. The number of rotatable bonds is 5. The molecule has 0 heterocycles. The van der Waals surface area contributed by atoms with E-state index in [1.807, 2.05) is 0 Å². The molecule has 0 aliphatic carbocycles. The van der Waals surface area contributed by atoms with Crippen LogP contribution in [0.4, 0.5) is 13.2 Å². The second-order valence-electron chi connectivity index (χ2n) is 3.31. The number of allylic oxidation sites excluding steroid dienone is 1. The summed E-state index contributed by atoms with van der Waals surface area (Å²) in [6, 6.07) is 5.34. The normalized spacial score (nSPS) is 11.6. The standard InChI is InChI=1S/C12H9F3O3/c1-18-8-4-2-7(3-5-8)11(17)9(6-16)10(13)12(14)15/h2-6,9H,1H3. The zero-order valence-corrected chi connectivity index (χ0v) is 9.32. The van der Waals surface area contributed by atoms with Crippen molar-refractivity contribution in [1.82, 2.24) is 0 Å². The highest BCUT2D eigenvalue weighted by molar-refractivity contribution is 6.07. The SMILES string of the molecule is COc1ccc(C(=O)C(C=O)C(F)=C(F)F)cc1. The van der Waals surface area contributed by atoms with Gasteiger partial charge in [0.1, 0.15) is 18.0 Å². The lowest BCUT2D eigenvalue weighted by Crippen LogP contribution is -2.17. The van der Waals surface area contributed by atoms with Crippen LogP contribution in [0.2, 0.25) is 0 Å². The van der Waals surface area contributed by atoms with Crippen molar-refractivity contribution in [3.05, 3.63) is 41.7 Å². The molecule has 0 aromatic heterocycles. The fourth-order valence-corrected chi connectivity index (χ4v) is 1.29. The van der Waals surface area contributed by atoms with Crippen LogP contribution in [-0.2, 0) is 4.79 Å². The molecule has 1 aromatic rings. The Hall–Kier alpha value is -2.11. The van der Waals surface area contributed by atoms with Crippen LogP contribution >= 0.6 is 0 Å². The van der Waals surface area contributed by atoms with E-state index in [2.05, 4.69) is 0 Å². The van der Waals surface area contributed by atoms with Gasteiger partial charge in [0.25, 0.3) is 0 Å². The third-order valence-corrected chi connectivity index (χ3v) is 2.25. The van der Waals surface area contributed by atoms with E-state index in [0.717, 1.165) is 0 Å². The minimum absolute atomic E-state index is 0.0516. The summed E-state index contributed by atoms with van der Waals surface area (Å²) in [4.78, 5) is 22.2. The van der Waals surface area contributed by atoms with Gasteiger partial charge in [-0.3, -0.25) is 4.79 Å². The molecule has 18 heavy (non-hydrogen) atoms. The first kappa shape index (κ1) is 14.0. The van der Waals surface area contributed by atoms with Crippen LogP contribution in [0.5, 0.6) is 5.75 Å². The van der Waals surface area contributed by atoms with Crippen molar-refractivity contribution in [2.45, 2.75) is 0 Å². The first-order chi connectivity index (χ1) is 8.51. The quantitative estimate of drug-likeness (QED) is 0.463. The van der Waals surface area contributed by atoms with E-state index in [0.29, 0.717) is 5.75 Å². The zero-order chi connectivity index (χ0) is 13.7. The Kier molecular flexibility index (Phi) is 4.65. The van der Waals surface area contributed by atoms with E-state index in [-0.39, 0.29) is 11.8 Å². The molecule has 0 bridgehead atoms. The Bertz CT molecular complexity index is 476. The molecule has 1 atom stereocenters. The van der Waals surface area contributed by atoms with Crippen molar-refractivity contribution < 1.29 is 27.5 Å². The number of methoxy groups -OCH3 is 1. The smallest absolute Gasteiger partial charge is 0.302 e. The second-order valence-corrected chi connectivity index (χ2v) is 3.31. The first-order valence-electron chi connectivity index (χ1n) is 4.85. The number of carbonyl (C=O) groups is 2. The van der Waals surface area contributed by atoms with Gasteiger partial charge in [0.05, 0.1) is 7.11 Å². The summed E-state index contributed by atoms with van der Waals surface area (Å²) in [6.07, 6.45) is -2.82. The van der Waals surface area contributed by atoms with Gasteiger partial charge in [-0.25, -0.2) is 4.39 Å². The third kappa shape index (κ3) is 2.97. The molecular weight excluding hydrogens is 249 g/mol. The number of hydrogen-bond acceptors (Lipinski definition) is 3. The van der Waals surface area contributed by atoms with Gasteiger partial charge in [-0.1, -0.05) is 0 Å². The van der Waals surface area contributed by atoms with Crippen LogP contribution in [0.1, 0.15) is 10.4 Å². The van der Waals surface area contributed by atoms with Crippen LogP contribution in [0.15, 0.2) is 36.2 Å². The van der Waals surface area contributed by atoms with Crippen LogP contribution in [0, 0.1) is 5.92 Å². The predicted molar refractivity (Wildman–Crippen MR) is 57.2 cm³/mol. The van der Waals surface area contributed by atoms with E-state index in [9.17, 15) is 22.8 Å². The molecule has 6 heteroatoms. The van der Waals surface area contributed by atoms with Crippen molar-refractivity contribution in [3.63, 3.8) is 0 Å². The minimum atomic E-state index is -2.67. The van der Waals surface area contributed by atoms with Gasteiger partial charge >= 0.3 is 6.08 Å². The minimum Gasteiger partial charge on any atom is -0.497 e. The highest BCUT2D eigenvalue weighted by Gasteiger charge is 2.27. The fourth-order valence-electron chi connectivity index (χ4n) is 1.29. The molecule has 1 aromatic carbocycles. The number of Topliss-reactive ketones (excluding diaryl/α,β-unsaturated/α-hetero) is 1. The van der Waals surface area contributed by atoms with Crippen molar-refractivity contribution in [2.75, 3.05) is 7.11 Å². The number of aldehydes is 1. The lowest BCUT2D eigenvalue weighted by Gasteiger charge is -2.07. The predicted octanol–water partition coefficient (Wildman–Crippen LogP) is 2.77. The molecule has 96 valence electrons. The highest BCUT2D eigenvalue weighted by atomic mass is 19.3. The maximum absolute atomic E-state index is 12.9. The molecule has 0 saturated heterocycles. The van der Waals surface area contributed by atoms with E-state index in [1.54, 1.807) is 0 Å². The lowest BCUT2D eigenvalue weighted by atomic mass is 9.98. The molecule has 0 spiro atoms. The van der Waals surface area contributed by atoms with Gasteiger partial charge in [0, 0.05) is 5.56 Å². The summed E-state index contributed by atoms with van der Waals surface area (Å²) in [7, 11) is 1.41. The van der Waals surface area contributed by atoms with Crippen molar-refractivity contribution in [3.8, 4) is 5.75 Å². The summed E-state index contributed by atoms with van der Waals surface area (Å²) >= 11 is 0. The van der Waals surface area contributed by atoms with Crippen LogP contribution in [0.3, 0.4) is 0 Å². The van der Waals surface area contributed by atoms with E-state index in [1.165, 1.54) is 31.4 Å². The summed E-state index contributed by atoms with van der Waals surface area (Å²) in [6.45, 7) is 0. The summed E-state index contributed by atoms with van der Waals surface area (Å²) in [5.41, 5.74) is -0.0516. The maximum Gasteiger partial charge on any atom is 0.302 e. The molecule has 0 radical (unpaired) electrons. The van der Waals surface area contributed by atoms with E-state index >= 15 is 0 Å². The van der Waals surface area contributed by atoms with Crippen molar-refractivity contribution >= 4 is 12.1 Å². The fraction of sp³-hybridized carbons (Fsp3) is 0.167. The summed E-state index contributed by atoms with van der Waals surface area (Å²) in [5.74, 6) is -4.71. The number of halogens is 3. The van der Waals surface area contributed by atoms with Crippen LogP contribution in [0.25, 0.3) is 0 Å². The zero-order valence-electron chi connectivity index (χ0n) is 9.32. The number of ketones is 1. The van der Waals surface area contributed by atoms with E-state index in [4.69, 9.17) is 4.74 Å². The van der Waals surface area contributed by atoms with Crippen molar-refractivity contribution in [2.24, 2.45) is 5.92 Å². The molecule has 1 rings (SSSR count). The van der Waals surface area contributed by atoms with Crippen LogP contribution < -0.4 is 4.74 Å². The lowest BCUT2D eigenvalue weighted by molar-refractivity contribution is -0.109. The van der Waals surface area contributed by atoms with Crippen LogP contribution in [-0.4, -0.2) is 19.2 Å². The maximum atomic E-state index is 12.9. The number of hydrogen-bond donors (Lipinski definition) is 0. The number of benzene rings is 1. The molecule has 0 amide bonds. The monoisotopic (exact) mass is 258 g/mol.